The van der Waals surface area contributed by atoms with Crippen molar-refractivity contribution in [1.82, 2.24) is 5.32 Å². The van der Waals surface area contributed by atoms with Crippen molar-refractivity contribution in [1.29, 1.82) is 0 Å². The molecule has 0 radical (unpaired) electrons. The zero-order chi connectivity index (χ0) is 11.6. The van der Waals surface area contributed by atoms with Gasteiger partial charge in [0, 0.05) is 12.6 Å². The van der Waals surface area contributed by atoms with Gasteiger partial charge in [-0.3, -0.25) is 0 Å². The van der Waals surface area contributed by atoms with Gasteiger partial charge in [-0.1, -0.05) is 33.1 Å². The lowest BCUT2D eigenvalue weighted by atomic mass is 10.0. The third-order valence-electron chi connectivity index (χ3n) is 3.59. The quantitative estimate of drug-likeness (QED) is 0.609. The Morgan fingerprint density at radius 3 is 2.75 bits per heavy atom. The Kier molecular flexibility index (Phi) is 7.87. The molecule has 0 aromatic rings. The van der Waals surface area contributed by atoms with Gasteiger partial charge in [0.05, 0.1) is 6.10 Å². The van der Waals surface area contributed by atoms with Crippen molar-refractivity contribution in [3.8, 4) is 0 Å². The molecule has 1 rings (SSSR count). The van der Waals surface area contributed by atoms with Crippen LogP contribution in [0.1, 0.15) is 65.2 Å². The Bertz CT molecular complexity index is 155. The summed E-state index contributed by atoms with van der Waals surface area (Å²) in [4.78, 5) is 0. The van der Waals surface area contributed by atoms with E-state index < -0.39 is 0 Å². The monoisotopic (exact) mass is 227 g/mol. The van der Waals surface area contributed by atoms with Crippen LogP contribution in [0.25, 0.3) is 0 Å². The highest BCUT2D eigenvalue weighted by Gasteiger charge is 2.14. The lowest BCUT2D eigenvalue weighted by Crippen LogP contribution is -2.27. The van der Waals surface area contributed by atoms with Crippen LogP contribution in [0.2, 0.25) is 0 Å². The van der Waals surface area contributed by atoms with Gasteiger partial charge in [0.25, 0.3) is 0 Å². The van der Waals surface area contributed by atoms with Gasteiger partial charge in [0.2, 0.25) is 0 Å². The van der Waals surface area contributed by atoms with Crippen LogP contribution in [0.3, 0.4) is 0 Å². The summed E-state index contributed by atoms with van der Waals surface area (Å²) in [6, 6.07) is 0.743. The number of nitrogens with one attached hydrogen (secondary N) is 1. The van der Waals surface area contributed by atoms with E-state index in [1.165, 1.54) is 51.4 Å². The molecule has 16 heavy (non-hydrogen) atoms. The van der Waals surface area contributed by atoms with Gasteiger partial charge in [-0.15, -0.1) is 0 Å². The summed E-state index contributed by atoms with van der Waals surface area (Å²) in [7, 11) is 0. The molecule has 1 heterocycles. The maximum atomic E-state index is 5.63. The molecular weight excluding hydrogens is 198 g/mol. The molecule has 0 amide bonds. The second-order valence-electron chi connectivity index (χ2n) is 4.94. The van der Waals surface area contributed by atoms with E-state index in [0.29, 0.717) is 6.10 Å². The zero-order valence-electron chi connectivity index (χ0n) is 11.1. The SMILES string of the molecule is CCNC(CC)CCCCCC1CCCO1. The number of ether oxygens (including phenoxy) is 1. The van der Waals surface area contributed by atoms with Crippen molar-refractivity contribution in [3.05, 3.63) is 0 Å². The fraction of sp³-hybridized carbons (Fsp3) is 1.00. The zero-order valence-corrected chi connectivity index (χ0v) is 11.1. The number of rotatable bonds is 9. The molecule has 0 saturated carbocycles. The lowest BCUT2D eigenvalue weighted by molar-refractivity contribution is 0.102. The van der Waals surface area contributed by atoms with Crippen molar-refractivity contribution in [2.45, 2.75) is 77.4 Å². The van der Waals surface area contributed by atoms with Crippen LogP contribution >= 0.6 is 0 Å². The Balaban J connectivity index is 1.89. The fourth-order valence-electron chi connectivity index (χ4n) is 2.55. The van der Waals surface area contributed by atoms with Crippen molar-refractivity contribution in [2.75, 3.05) is 13.2 Å². The van der Waals surface area contributed by atoms with Crippen LogP contribution in [0.5, 0.6) is 0 Å². The predicted octanol–water partition coefficient (Wildman–Crippen LogP) is 3.50. The fourth-order valence-corrected chi connectivity index (χ4v) is 2.55. The largest absolute Gasteiger partial charge is 0.378 e. The maximum Gasteiger partial charge on any atom is 0.0576 e. The average molecular weight is 227 g/mol. The van der Waals surface area contributed by atoms with Gasteiger partial charge in [-0.2, -0.15) is 0 Å². The molecule has 2 heteroatoms. The van der Waals surface area contributed by atoms with E-state index in [1.807, 2.05) is 0 Å². The van der Waals surface area contributed by atoms with Crippen LogP contribution in [-0.2, 0) is 4.74 Å². The predicted molar refractivity (Wildman–Crippen MR) is 69.8 cm³/mol. The Hall–Kier alpha value is -0.0800. The van der Waals surface area contributed by atoms with Crippen LogP contribution in [0, 0.1) is 0 Å². The third kappa shape index (κ3) is 5.86. The highest BCUT2D eigenvalue weighted by atomic mass is 16.5. The first kappa shape index (κ1) is 14.0. The van der Waals surface area contributed by atoms with E-state index in [0.717, 1.165) is 19.2 Å². The topological polar surface area (TPSA) is 21.3 Å². The van der Waals surface area contributed by atoms with E-state index in [9.17, 15) is 0 Å². The molecule has 2 nitrogen and oxygen atoms in total. The maximum absolute atomic E-state index is 5.63. The average Bonchev–Trinajstić information content (AvgIpc) is 2.80. The molecule has 0 aliphatic carbocycles. The van der Waals surface area contributed by atoms with E-state index in [4.69, 9.17) is 4.74 Å². The van der Waals surface area contributed by atoms with Crippen LogP contribution in [0.15, 0.2) is 0 Å². The van der Waals surface area contributed by atoms with Crippen LogP contribution in [-0.4, -0.2) is 25.3 Å². The van der Waals surface area contributed by atoms with E-state index in [1.54, 1.807) is 0 Å². The summed E-state index contributed by atoms with van der Waals surface area (Å²) in [6.07, 6.45) is 11.2. The lowest BCUT2D eigenvalue weighted by Gasteiger charge is -2.15. The van der Waals surface area contributed by atoms with Crippen molar-refractivity contribution >= 4 is 0 Å². The number of hydrogen-bond acceptors (Lipinski definition) is 2. The second-order valence-corrected chi connectivity index (χ2v) is 4.94. The second kappa shape index (κ2) is 9.00. The molecule has 2 unspecified atom stereocenters. The number of unbranched alkanes of at least 4 members (excludes halogenated alkanes) is 2. The first-order valence-electron chi connectivity index (χ1n) is 7.21. The number of hydrogen-bond donors (Lipinski definition) is 1. The molecule has 96 valence electrons. The molecule has 1 fully saturated rings. The van der Waals surface area contributed by atoms with Crippen LogP contribution in [0.4, 0.5) is 0 Å². The van der Waals surface area contributed by atoms with Crippen LogP contribution < -0.4 is 5.32 Å². The Morgan fingerprint density at radius 1 is 1.25 bits per heavy atom. The molecule has 2 atom stereocenters. The summed E-state index contributed by atoms with van der Waals surface area (Å²) in [5.74, 6) is 0. The van der Waals surface area contributed by atoms with E-state index >= 15 is 0 Å². The summed E-state index contributed by atoms with van der Waals surface area (Å²) in [6.45, 7) is 6.58. The molecule has 1 saturated heterocycles. The third-order valence-corrected chi connectivity index (χ3v) is 3.59. The molecule has 1 aliphatic heterocycles. The molecule has 1 aliphatic rings. The van der Waals surface area contributed by atoms with Gasteiger partial charge >= 0.3 is 0 Å². The summed E-state index contributed by atoms with van der Waals surface area (Å²) in [5.41, 5.74) is 0. The first-order valence-corrected chi connectivity index (χ1v) is 7.21. The Labute approximate surface area is 101 Å². The van der Waals surface area contributed by atoms with Gasteiger partial charge in [-0.05, 0) is 38.6 Å². The summed E-state index contributed by atoms with van der Waals surface area (Å²) < 4.78 is 5.63. The molecular formula is C14H29NO. The van der Waals surface area contributed by atoms with E-state index in [2.05, 4.69) is 19.2 Å². The van der Waals surface area contributed by atoms with Gasteiger partial charge in [-0.25, -0.2) is 0 Å². The minimum atomic E-state index is 0.593. The van der Waals surface area contributed by atoms with Crippen molar-refractivity contribution < 1.29 is 4.74 Å². The minimum absolute atomic E-state index is 0.593. The summed E-state index contributed by atoms with van der Waals surface area (Å²) in [5, 5.41) is 3.54. The van der Waals surface area contributed by atoms with Crippen molar-refractivity contribution in [2.24, 2.45) is 0 Å². The molecule has 0 aromatic carbocycles. The summed E-state index contributed by atoms with van der Waals surface area (Å²) >= 11 is 0. The standard InChI is InChI=1S/C14H29NO/c1-3-13(15-4-2)9-6-5-7-10-14-11-8-12-16-14/h13-15H,3-12H2,1-2H3. The van der Waals surface area contributed by atoms with Gasteiger partial charge in [0.1, 0.15) is 0 Å². The molecule has 0 bridgehead atoms. The molecule has 0 aromatic heterocycles. The van der Waals surface area contributed by atoms with Crippen molar-refractivity contribution in [3.63, 3.8) is 0 Å². The molecule has 1 N–H and O–H groups in total. The normalized spacial score (nSPS) is 22.5. The smallest absolute Gasteiger partial charge is 0.0576 e. The molecule has 0 spiro atoms. The van der Waals surface area contributed by atoms with Gasteiger partial charge < -0.3 is 10.1 Å². The highest BCUT2D eigenvalue weighted by molar-refractivity contribution is 4.66. The highest BCUT2D eigenvalue weighted by Crippen LogP contribution is 2.18. The van der Waals surface area contributed by atoms with Gasteiger partial charge in [0.15, 0.2) is 0 Å². The van der Waals surface area contributed by atoms with E-state index in [-0.39, 0.29) is 0 Å². The Morgan fingerprint density at radius 2 is 2.12 bits per heavy atom. The minimum Gasteiger partial charge on any atom is -0.378 e. The first-order chi connectivity index (χ1) is 7.86.